The predicted molar refractivity (Wildman–Crippen MR) is 82.6 cm³/mol. The van der Waals surface area contributed by atoms with Crippen molar-refractivity contribution >= 4 is 21.9 Å². The van der Waals surface area contributed by atoms with Gasteiger partial charge in [-0.25, -0.2) is 0 Å². The van der Waals surface area contributed by atoms with Crippen LogP contribution in [0.15, 0.2) is 4.47 Å². The summed E-state index contributed by atoms with van der Waals surface area (Å²) in [4.78, 5) is 11.1. The van der Waals surface area contributed by atoms with Crippen LogP contribution in [0.5, 0.6) is 5.75 Å². The Morgan fingerprint density at radius 3 is 2.50 bits per heavy atom. The SMILES string of the molecule is COc1c(Br)c2c(c(C)c1CC(C)C(=O)O)CCCC2. The minimum Gasteiger partial charge on any atom is -0.495 e. The third kappa shape index (κ3) is 2.71. The van der Waals surface area contributed by atoms with Crippen LogP contribution < -0.4 is 4.74 Å². The summed E-state index contributed by atoms with van der Waals surface area (Å²) in [5.41, 5.74) is 4.98. The number of halogens is 1. The lowest BCUT2D eigenvalue weighted by atomic mass is 9.84. The Labute approximate surface area is 128 Å². The number of fused-ring (bicyclic) bond motifs is 1. The smallest absolute Gasteiger partial charge is 0.306 e. The molecule has 2 rings (SSSR count). The molecule has 0 aliphatic heterocycles. The van der Waals surface area contributed by atoms with Crippen LogP contribution in [-0.2, 0) is 24.1 Å². The monoisotopic (exact) mass is 340 g/mol. The molecular formula is C16H21BrO3. The van der Waals surface area contributed by atoms with Crippen LogP contribution in [0.1, 0.15) is 42.0 Å². The van der Waals surface area contributed by atoms with Gasteiger partial charge >= 0.3 is 5.97 Å². The van der Waals surface area contributed by atoms with Gasteiger partial charge in [-0.1, -0.05) is 6.92 Å². The molecule has 0 fully saturated rings. The van der Waals surface area contributed by atoms with E-state index in [1.54, 1.807) is 14.0 Å². The number of methoxy groups -OCH3 is 1. The summed E-state index contributed by atoms with van der Waals surface area (Å²) in [6.45, 7) is 3.84. The van der Waals surface area contributed by atoms with Gasteiger partial charge in [0.1, 0.15) is 5.75 Å². The van der Waals surface area contributed by atoms with E-state index < -0.39 is 11.9 Å². The predicted octanol–water partition coefficient (Wildman–Crippen LogP) is 3.91. The molecule has 1 aliphatic carbocycles. The first kappa shape index (κ1) is 15.4. The van der Waals surface area contributed by atoms with E-state index in [0.29, 0.717) is 6.42 Å². The molecule has 0 amide bonds. The van der Waals surface area contributed by atoms with E-state index in [1.807, 2.05) is 0 Å². The Hall–Kier alpha value is -1.03. The minimum absolute atomic E-state index is 0.406. The fourth-order valence-corrected chi connectivity index (χ4v) is 3.87. The molecule has 110 valence electrons. The minimum atomic E-state index is -0.764. The van der Waals surface area contributed by atoms with Gasteiger partial charge in [-0.3, -0.25) is 4.79 Å². The number of hydrogen-bond acceptors (Lipinski definition) is 2. The van der Waals surface area contributed by atoms with Gasteiger partial charge in [0.05, 0.1) is 17.5 Å². The topological polar surface area (TPSA) is 46.5 Å². The average molecular weight is 341 g/mol. The zero-order chi connectivity index (χ0) is 14.9. The molecule has 20 heavy (non-hydrogen) atoms. The largest absolute Gasteiger partial charge is 0.495 e. The average Bonchev–Trinajstić information content (AvgIpc) is 2.44. The number of carboxylic acid groups (broad SMARTS) is 1. The van der Waals surface area contributed by atoms with Crippen molar-refractivity contribution in [1.82, 2.24) is 0 Å². The van der Waals surface area contributed by atoms with E-state index in [2.05, 4.69) is 22.9 Å². The molecule has 1 aromatic carbocycles. The second-order valence-electron chi connectivity index (χ2n) is 5.56. The summed E-state index contributed by atoms with van der Waals surface area (Å²) in [6, 6.07) is 0. The molecule has 0 saturated carbocycles. The van der Waals surface area contributed by atoms with Crippen LogP contribution in [0.2, 0.25) is 0 Å². The molecule has 3 nitrogen and oxygen atoms in total. The summed E-state index contributed by atoms with van der Waals surface area (Å²) in [5.74, 6) is -0.354. The quantitative estimate of drug-likeness (QED) is 0.903. The van der Waals surface area contributed by atoms with E-state index in [0.717, 1.165) is 28.6 Å². The Morgan fingerprint density at radius 2 is 1.95 bits per heavy atom. The maximum atomic E-state index is 11.1. The van der Waals surface area contributed by atoms with Crippen molar-refractivity contribution in [2.75, 3.05) is 7.11 Å². The van der Waals surface area contributed by atoms with Gasteiger partial charge in [-0.05, 0) is 77.2 Å². The molecule has 1 aliphatic rings. The van der Waals surface area contributed by atoms with Crippen LogP contribution in [0.3, 0.4) is 0 Å². The molecule has 0 heterocycles. The highest BCUT2D eigenvalue weighted by molar-refractivity contribution is 9.10. The summed E-state index contributed by atoms with van der Waals surface area (Å²) in [5, 5.41) is 9.15. The van der Waals surface area contributed by atoms with Crippen LogP contribution in [0.25, 0.3) is 0 Å². The van der Waals surface area contributed by atoms with Gasteiger partial charge in [0.2, 0.25) is 0 Å². The van der Waals surface area contributed by atoms with Gasteiger partial charge < -0.3 is 9.84 Å². The molecule has 1 atom stereocenters. The van der Waals surface area contributed by atoms with E-state index >= 15 is 0 Å². The second-order valence-corrected chi connectivity index (χ2v) is 6.35. The third-order valence-electron chi connectivity index (χ3n) is 4.25. The normalized spacial score (nSPS) is 15.6. The fourth-order valence-electron chi connectivity index (χ4n) is 3.04. The molecule has 0 spiro atoms. The van der Waals surface area contributed by atoms with Crippen molar-refractivity contribution in [3.8, 4) is 5.75 Å². The number of carboxylic acids is 1. The molecule has 0 radical (unpaired) electrons. The van der Waals surface area contributed by atoms with Crippen molar-refractivity contribution in [2.45, 2.75) is 46.0 Å². The Bertz CT molecular complexity index is 537. The highest BCUT2D eigenvalue weighted by Crippen LogP contribution is 2.41. The fraction of sp³-hybridized carbons (Fsp3) is 0.562. The number of rotatable bonds is 4. The van der Waals surface area contributed by atoms with E-state index in [-0.39, 0.29) is 0 Å². The summed E-state index contributed by atoms with van der Waals surface area (Å²) in [7, 11) is 1.66. The lowest BCUT2D eigenvalue weighted by Gasteiger charge is -2.25. The van der Waals surface area contributed by atoms with E-state index in [1.165, 1.54) is 29.5 Å². The van der Waals surface area contributed by atoms with Crippen molar-refractivity contribution in [3.05, 3.63) is 26.7 Å². The third-order valence-corrected chi connectivity index (χ3v) is 5.09. The standard InChI is InChI=1S/C16H21BrO3/c1-9(16(18)19)8-13-10(2)11-6-4-5-7-12(11)14(17)15(13)20-3/h9H,4-8H2,1-3H3,(H,18,19). The first-order valence-electron chi connectivity index (χ1n) is 7.06. The van der Waals surface area contributed by atoms with Gasteiger partial charge in [0.25, 0.3) is 0 Å². The van der Waals surface area contributed by atoms with Crippen LogP contribution in [0, 0.1) is 12.8 Å². The van der Waals surface area contributed by atoms with E-state index in [4.69, 9.17) is 9.84 Å². The summed E-state index contributed by atoms with van der Waals surface area (Å²) < 4.78 is 6.59. The maximum absolute atomic E-state index is 11.1. The molecule has 0 saturated heterocycles. The Balaban J connectivity index is 2.54. The van der Waals surface area contributed by atoms with Gasteiger partial charge in [0, 0.05) is 0 Å². The highest BCUT2D eigenvalue weighted by Gasteiger charge is 2.25. The Morgan fingerprint density at radius 1 is 1.35 bits per heavy atom. The number of hydrogen-bond donors (Lipinski definition) is 1. The van der Waals surface area contributed by atoms with Crippen molar-refractivity contribution in [1.29, 1.82) is 0 Å². The Kier molecular flexibility index (Phi) is 4.74. The van der Waals surface area contributed by atoms with E-state index in [9.17, 15) is 4.79 Å². The van der Waals surface area contributed by atoms with Crippen molar-refractivity contribution in [2.24, 2.45) is 5.92 Å². The van der Waals surface area contributed by atoms with Gasteiger partial charge in [0.15, 0.2) is 0 Å². The molecular weight excluding hydrogens is 320 g/mol. The molecule has 0 bridgehead atoms. The molecule has 1 N–H and O–H groups in total. The van der Waals surface area contributed by atoms with Crippen LogP contribution in [0.4, 0.5) is 0 Å². The highest BCUT2D eigenvalue weighted by atomic mass is 79.9. The number of ether oxygens (including phenoxy) is 1. The first-order chi connectivity index (χ1) is 9.47. The first-order valence-corrected chi connectivity index (χ1v) is 7.86. The molecule has 1 unspecified atom stereocenters. The lowest BCUT2D eigenvalue weighted by molar-refractivity contribution is -0.141. The summed E-state index contributed by atoms with van der Waals surface area (Å²) in [6.07, 6.45) is 5.08. The number of carbonyl (C=O) groups is 1. The van der Waals surface area contributed by atoms with Crippen molar-refractivity contribution < 1.29 is 14.6 Å². The lowest BCUT2D eigenvalue weighted by Crippen LogP contribution is -2.16. The van der Waals surface area contributed by atoms with Crippen molar-refractivity contribution in [3.63, 3.8) is 0 Å². The zero-order valence-corrected chi connectivity index (χ0v) is 13.8. The molecule has 0 aromatic heterocycles. The van der Waals surface area contributed by atoms with Gasteiger partial charge in [-0.2, -0.15) is 0 Å². The molecule has 1 aromatic rings. The molecule has 4 heteroatoms. The number of benzene rings is 1. The summed E-state index contributed by atoms with van der Waals surface area (Å²) >= 11 is 3.67. The van der Waals surface area contributed by atoms with Crippen LogP contribution in [-0.4, -0.2) is 18.2 Å². The van der Waals surface area contributed by atoms with Crippen LogP contribution >= 0.6 is 15.9 Å². The van der Waals surface area contributed by atoms with Gasteiger partial charge in [-0.15, -0.1) is 0 Å². The second kappa shape index (κ2) is 6.17. The number of aliphatic carboxylic acids is 1. The zero-order valence-electron chi connectivity index (χ0n) is 12.3. The maximum Gasteiger partial charge on any atom is 0.306 e.